The second-order valence-electron chi connectivity index (χ2n) is 3.68. The fourth-order valence-corrected chi connectivity index (χ4v) is 2.00. The summed E-state index contributed by atoms with van der Waals surface area (Å²) in [6.07, 6.45) is 1.36. The van der Waals surface area contributed by atoms with E-state index in [-0.39, 0.29) is 5.88 Å². The van der Waals surface area contributed by atoms with Crippen molar-refractivity contribution in [1.29, 1.82) is 0 Å². The monoisotopic (exact) mass is 283 g/mol. The highest BCUT2D eigenvalue weighted by Crippen LogP contribution is 2.41. The van der Waals surface area contributed by atoms with E-state index in [2.05, 4.69) is 4.98 Å². The van der Waals surface area contributed by atoms with E-state index in [1.54, 1.807) is 33.5 Å². The molecule has 0 aliphatic carbocycles. The van der Waals surface area contributed by atoms with Crippen LogP contribution in [0.15, 0.2) is 22.9 Å². The minimum atomic E-state index is 0.266. The smallest absolute Gasteiger partial charge is 0.203 e. The third-order valence-electron chi connectivity index (χ3n) is 2.69. The topological polar surface area (TPSA) is 53.7 Å². The van der Waals surface area contributed by atoms with Crippen molar-refractivity contribution in [2.45, 2.75) is 5.88 Å². The number of oxazole rings is 1. The Morgan fingerprint density at radius 2 is 1.74 bits per heavy atom. The Hall–Kier alpha value is -1.88. The second kappa shape index (κ2) is 5.84. The maximum Gasteiger partial charge on any atom is 0.203 e. The van der Waals surface area contributed by atoms with Gasteiger partial charge in [0.15, 0.2) is 23.7 Å². The molecule has 0 aliphatic rings. The number of aromatic nitrogens is 1. The van der Waals surface area contributed by atoms with Crippen LogP contribution < -0.4 is 14.2 Å². The quantitative estimate of drug-likeness (QED) is 0.789. The zero-order valence-corrected chi connectivity index (χ0v) is 11.7. The van der Waals surface area contributed by atoms with Crippen LogP contribution in [-0.2, 0) is 5.88 Å². The zero-order chi connectivity index (χ0) is 13.8. The van der Waals surface area contributed by atoms with Crippen LogP contribution in [0, 0.1) is 0 Å². The van der Waals surface area contributed by atoms with E-state index >= 15 is 0 Å². The molecule has 0 radical (unpaired) electrons. The number of rotatable bonds is 5. The summed E-state index contributed by atoms with van der Waals surface area (Å²) < 4.78 is 21.2. The highest BCUT2D eigenvalue weighted by atomic mass is 35.5. The van der Waals surface area contributed by atoms with Crippen molar-refractivity contribution in [2.24, 2.45) is 0 Å². The molecule has 1 aromatic carbocycles. The molecule has 0 saturated heterocycles. The molecule has 0 fully saturated rings. The molecular weight excluding hydrogens is 270 g/mol. The minimum Gasteiger partial charge on any atom is -0.493 e. The molecule has 0 aliphatic heterocycles. The Morgan fingerprint density at radius 3 is 2.21 bits per heavy atom. The van der Waals surface area contributed by atoms with Crippen LogP contribution in [-0.4, -0.2) is 26.3 Å². The lowest BCUT2D eigenvalue weighted by molar-refractivity contribution is 0.324. The van der Waals surface area contributed by atoms with Crippen molar-refractivity contribution >= 4 is 11.6 Å². The van der Waals surface area contributed by atoms with Gasteiger partial charge in [-0.15, -0.1) is 11.6 Å². The van der Waals surface area contributed by atoms with Gasteiger partial charge in [-0.25, -0.2) is 4.98 Å². The van der Waals surface area contributed by atoms with Crippen LogP contribution in [0.1, 0.15) is 5.69 Å². The highest BCUT2D eigenvalue weighted by Gasteiger charge is 2.17. The van der Waals surface area contributed by atoms with Gasteiger partial charge in [0.1, 0.15) is 5.69 Å². The molecule has 5 nitrogen and oxygen atoms in total. The Kier molecular flexibility index (Phi) is 4.16. The molecule has 102 valence electrons. The van der Waals surface area contributed by atoms with Crippen LogP contribution in [0.3, 0.4) is 0 Å². The number of nitrogens with zero attached hydrogens (tertiary/aromatic N) is 1. The Labute approximate surface area is 116 Å². The van der Waals surface area contributed by atoms with Crippen LogP contribution in [0.4, 0.5) is 0 Å². The summed E-state index contributed by atoms with van der Waals surface area (Å²) in [5, 5.41) is 0. The minimum absolute atomic E-state index is 0.266. The van der Waals surface area contributed by atoms with Crippen molar-refractivity contribution in [2.75, 3.05) is 21.3 Å². The van der Waals surface area contributed by atoms with Crippen LogP contribution in [0.2, 0.25) is 0 Å². The van der Waals surface area contributed by atoms with Gasteiger partial charge in [0, 0.05) is 5.56 Å². The molecule has 1 aromatic heterocycles. The number of benzene rings is 1. The fraction of sp³-hybridized carbons (Fsp3) is 0.308. The first-order valence-electron chi connectivity index (χ1n) is 5.53. The van der Waals surface area contributed by atoms with Crippen molar-refractivity contribution in [3.8, 4) is 28.6 Å². The lowest BCUT2D eigenvalue weighted by Crippen LogP contribution is -1.96. The van der Waals surface area contributed by atoms with Crippen LogP contribution in [0.25, 0.3) is 11.3 Å². The summed E-state index contributed by atoms with van der Waals surface area (Å²) in [6, 6.07) is 3.58. The average molecular weight is 284 g/mol. The molecule has 0 amide bonds. The second-order valence-corrected chi connectivity index (χ2v) is 3.94. The summed E-state index contributed by atoms with van der Waals surface area (Å²) in [5.41, 5.74) is 1.43. The van der Waals surface area contributed by atoms with Gasteiger partial charge in [-0.2, -0.15) is 0 Å². The summed E-state index contributed by atoms with van der Waals surface area (Å²) >= 11 is 5.82. The van der Waals surface area contributed by atoms with E-state index in [1.807, 2.05) is 0 Å². The summed E-state index contributed by atoms with van der Waals surface area (Å²) in [6.45, 7) is 0. The fourth-order valence-electron chi connectivity index (χ4n) is 1.81. The summed E-state index contributed by atoms with van der Waals surface area (Å²) in [7, 11) is 4.67. The van der Waals surface area contributed by atoms with E-state index < -0.39 is 0 Å². The molecule has 6 heteroatoms. The molecule has 0 spiro atoms. The lowest BCUT2D eigenvalue weighted by atomic mass is 10.1. The van der Waals surface area contributed by atoms with Crippen molar-refractivity contribution < 1.29 is 18.6 Å². The third-order valence-corrected chi connectivity index (χ3v) is 2.95. The highest BCUT2D eigenvalue weighted by molar-refractivity contribution is 6.17. The number of hydrogen-bond donors (Lipinski definition) is 0. The molecule has 0 atom stereocenters. The molecule has 0 unspecified atom stereocenters. The number of methoxy groups -OCH3 is 3. The average Bonchev–Trinajstić information content (AvgIpc) is 2.93. The third kappa shape index (κ3) is 2.46. The predicted molar refractivity (Wildman–Crippen MR) is 71.2 cm³/mol. The first-order chi connectivity index (χ1) is 9.24. The van der Waals surface area contributed by atoms with Gasteiger partial charge < -0.3 is 18.6 Å². The van der Waals surface area contributed by atoms with Crippen molar-refractivity contribution in [3.05, 3.63) is 24.2 Å². The summed E-state index contributed by atoms with van der Waals surface area (Å²) in [5.74, 6) is 2.49. The lowest BCUT2D eigenvalue weighted by Gasteiger charge is -2.13. The molecule has 0 saturated carbocycles. The molecule has 2 aromatic rings. The number of hydrogen-bond acceptors (Lipinski definition) is 5. The van der Waals surface area contributed by atoms with Gasteiger partial charge >= 0.3 is 0 Å². The first-order valence-corrected chi connectivity index (χ1v) is 6.07. The van der Waals surface area contributed by atoms with E-state index in [0.717, 1.165) is 5.56 Å². The summed E-state index contributed by atoms with van der Waals surface area (Å²) in [4.78, 5) is 4.05. The van der Waals surface area contributed by atoms with Gasteiger partial charge in [-0.3, -0.25) is 0 Å². The zero-order valence-electron chi connectivity index (χ0n) is 10.9. The van der Waals surface area contributed by atoms with E-state index in [1.165, 1.54) is 6.39 Å². The van der Waals surface area contributed by atoms with Gasteiger partial charge in [0.05, 0.1) is 27.2 Å². The Morgan fingerprint density at radius 1 is 1.11 bits per heavy atom. The van der Waals surface area contributed by atoms with Crippen molar-refractivity contribution in [1.82, 2.24) is 4.98 Å². The maximum absolute atomic E-state index is 5.82. The van der Waals surface area contributed by atoms with E-state index in [4.69, 9.17) is 30.2 Å². The van der Waals surface area contributed by atoms with Gasteiger partial charge in [0.2, 0.25) is 5.75 Å². The van der Waals surface area contributed by atoms with Gasteiger partial charge in [-0.05, 0) is 12.1 Å². The Balaban J connectivity index is 2.59. The number of alkyl halides is 1. The molecule has 19 heavy (non-hydrogen) atoms. The standard InChI is InChI=1S/C13H14ClNO4/c1-16-10-4-8(5-11(17-2)13(10)18-3)12-9(6-14)15-7-19-12/h4-5,7H,6H2,1-3H3. The van der Waals surface area contributed by atoms with Crippen molar-refractivity contribution in [3.63, 3.8) is 0 Å². The normalized spacial score (nSPS) is 10.3. The van der Waals surface area contributed by atoms with Gasteiger partial charge in [0.25, 0.3) is 0 Å². The van der Waals surface area contributed by atoms with Gasteiger partial charge in [-0.1, -0.05) is 0 Å². The molecule has 0 N–H and O–H groups in total. The first kappa shape index (κ1) is 13.5. The molecule has 0 bridgehead atoms. The van der Waals surface area contributed by atoms with E-state index in [9.17, 15) is 0 Å². The number of ether oxygens (including phenoxy) is 3. The Bertz CT molecular complexity index is 543. The largest absolute Gasteiger partial charge is 0.493 e. The van der Waals surface area contributed by atoms with E-state index in [0.29, 0.717) is 28.7 Å². The molecular formula is C13H14ClNO4. The number of halogens is 1. The molecule has 2 rings (SSSR count). The SMILES string of the molecule is COc1cc(-c2ocnc2CCl)cc(OC)c1OC. The predicted octanol–water partition coefficient (Wildman–Crippen LogP) is 3.11. The maximum atomic E-state index is 5.82. The molecule has 1 heterocycles. The van der Waals surface area contributed by atoms with Crippen LogP contribution >= 0.6 is 11.6 Å². The van der Waals surface area contributed by atoms with Crippen LogP contribution in [0.5, 0.6) is 17.2 Å².